The van der Waals surface area contributed by atoms with Gasteiger partial charge < -0.3 is 19.3 Å². The molecule has 1 aliphatic carbocycles. The Labute approximate surface area is 314 Å². The number of morpholine rings is 1. The van der Waals surface area contributed by atoms with Crippen LogP contribution in [0.25, 0.3) is 0 Å². The Morgan fingerprint density at radius 2 is 1.73 bits per heavy atom. The van der Waals surface area contributed by atoms with E-state index in [0.29, 0.717) is 110 Å². The predicted octanol–water partition coefficient (Wildman–Crippen LogP) is 6.66. The Balaban J connectivity index is 1.38. The highest BCUT2D eigenvalue weighted by Crippen LogP contribution is 2.44. The number of benzene rings is 2. The van der Waals surface area contributed by atoms with E-state index in [-0.39, 0.29) is 23.9 Å². The normalized spacial score (nSPS) is 22.8. The molecular formula is C38H43Cl3N6O4. The van der Waals surface area contributed by atoms with Gasteiger partial charge in [0.25, 0.3) is 0 Å². The van der Waals surface area contributed by atoms with Gasteiger partial charge in [-0.25, -0.2) is 4.79 Å². The Morgan fingerprint density at radius 1 is 1.02 bits per heavy atom. The topological polar surface area (TPSA) is 102 Å². The summed E-state index contributed by atoms with van der Waals surface area (Å²) in [5, 5.41) is 11.6. The molecule has 0 radical (unpaired) electrons. The molecule has 2 fully saturated rings. The summed E-state index contributed by atoms with van der Waals surface area (Å²) in [4.78, 5) is 40.9. The Kier molecular flexibility index (Phi) is 11.6. The molecule has 0 N–H and O–H groups in total. The van der Waals surface area contributed by atoms with Crippen LogP contribution in [0.4, 0.5) is 4.79 Å². The first-order chi connectivity index (χ1) is 24.5. The SMILES string of the molecule is CCOc1cc(C(C)(C)C#N)c(Cl)cc1C1=N[C@@H](C2C=CC(Cl)=CC2)[C@@H](c2ccc(Cl)cc2)N1C(=O)N1CCN(CC(=O)N2CCOCC2)CC1. The van der Waals surface area contributed by atoms with Gasteiger partial charge in [-0.15, -0.1) is 0 Å². The van der Waals surface area contributed by atoms with Gasteiger partial charge >= 0.3 is 6.03 Å². The molecule has 10 nitrogen and oxygen atoms in total. The maximum absolute atomic E-state index is 15.0. The number of hydrogen-bond donors (Lipinski definition) is 0. The fourth-order valence-corrected chi connectivity index (χ4v) is 7.75. The van der Waals surface area contributed by atoms with E-state index < -0.39 is 11.5 Å². The number of piperazine rings is 1. The maximum Gasteiger partial charge on any atom is 0.326 e. The highest BCUT2D eigenvalue weighted by Gasteiger charge is 2.47. The van der Waals surface area contributed by atoms with E-state index in [0.717, 1.165) is 5.56 Å². The number of carbonyl (C=O) groups excluding carboxylic acids is 2. The molecule has 6 rings (SSSR count). The van der Waals surface area contributed by atoms with Crippen molar-refractivity contribution in [1.82, 2.24) is 19.6 Å². The lowest BCUT2D eigenvalue weighted by Gasteiger charge is -2.40. The van der Waals surface area contributed by atoms with Crippen LogP contribution in [0.3, 0.4) is 0 Å². The quantitative estimate of drug-likeness (QED) is 0.299. The molecular weight excluding hydrogens is 711 g/mol. The van der Waals surface area contributed by atoms with Crippen molar-refractivity contribution in [2.24, 2.45) is 10.9 Å². The molecule has 2 saturated heterocycles. The van der Waals surface area contributed by atoms with Gasteiger partial charge in [-0.05, 0) is 68.7 Å². The van der Waals surface area contributed by atoms with Crippen molar-refractivity contribution in [2.75, 3.05) is 65.6 Å². The van der Waals surface area contributed by atoms with E-state index in [2.05, 4.69) is 17.0 Å². The fraction of sp³-hybridized carbons (Fsp3) is 0.474. The standard InChI is InChI=1S/C38H43Cl3N6O4/c1-4-51-32-22-30(38(2,3)24-42)31(41)21-29(32)36-43-34(25-5-9-27(39)10-6-25)35(26-7-11-28(40)12-8-26)47(36)37(49)46-15-13-44(14-16-46)23-33(48)45-17-19-50-20-18-45/h5,7-12,21-22,25,34-35H,4,6,13-20,23H2,1-3H3/t25?,34-,35+/m0/s1. The summed E-state index contributed by atoms with van der Waals surface area (Å²) in [6.07, 6.45) is 6.56. The van der Waals surface area contributed by atoms with Crippen LogP contribution in [0.2, 0.25) is 10.0 Å². The molecule has 3 amide bonds. The third-order valence-electron chi connectivity index (χ3n) is 9.97. The lowest BCUT2D eigenvalue weighted by atomic mass is 9.85. The van der Waals surface area contributed by atoms with E-state index in [1.807, 2.05) is 53.1 Å². The second kappa shape index (κ2) is 16.0. The van der Waals surface area contributed by atoms with Crippen LogP contribution in [0.15, 0.2) is 64.7 Å². The molecule has 2 aromatic rings. The molecule has 0 bridgehead atoms. The molecule has 0 spiro atoms. The van der Waals surface area contributed by atoms with Crippen molar-refractivity contribution in [3.8, 4) is 11.8 Å². The Hall–Kier alpha value is -3.59. The highest BCUT2D eigenvalue weighted by molar-refractivity contribution is 6.32. The van der Waals surface area contributed by atoms with E-state index in [9.17, 15) is 14.9 Å². The molecule has 3 atom stereocenters. The highest BCUT2D eigenvalue weighted by atomic mass is 35.5. The number of halogens is 3. The molecule has 13 heteroatoms. The largest absolute Gasteiger partial charge is 0.493 e. The number of amidine groups is 1. The van der Waals surface area contributed by atoms with Crippen LogP contribution in [0.5, 0.6) is 5.75 Å². The molecule has 0 aromatic heterocycles. The summed E-state index contributed by atoms with van der Waals surface area (Å²) in [6.45, 7) is 10.5. The van der Waals surface area contributed by atoms with Crippen molar-refractivity contribution in [2.45, 2.75) is 44.7 Å². The summed E-state index contributed by atoms with van der Waals surface area (Å²) in [6, 6.07) is 12.4. The van der Waals surface area contributed by atoms with E-state index in [1.165, 1.54) is 0 Å². The zero-order chi connectivity index (χ0) is 36.3. The molecule has 3 aliphatic heterocycles. The first-order valence-electron chi connectivity index (χ1n) is 17.4. The summed E-state index contributed by atoms with van der Waals surface area (Å²) in [5.74, 6) is 0.944. The molecule has 4 aliphatic rings. The molecule has 51 heavy (non-hydrogen) atoms. The van der Waals surface area contributed by atoms with Crippen LogP contribution in [-0.2, 0) is 14.9 Å². The number of rotatable bonds is 8. The Bertz CT molecular complexity index is 1760. The molecule has 3 heterocycles. The number of allylic oxidation sites excluding steroid dienone is 3. The minimum absolute atomic E-state index is 0.0631. The molecule has 1 unspecified atom stereocenters. The molecule has 0 saturated carbocycles. The van der Waals surface area contributed by atoms with Gasteiger partial charge in [-0.3, -0.25) is 19.6 Å². The average molecular weight is 754 g/mol. The van der Waals surface area contributed by atoms with Crippen molar-refractivity contribution < 1.29 is 19.1 Å². The number of urea groups is 1. The summed E-state index contributed by atoms with van der Waals surface area (Å²) >= 11 is 19.6. The lowest BCUT2D eigenvalue weighted by molar-refractivity contribution is -0.136. The number of aliphatic imine (C=N–C) groups is 1. The van der Waals surface area contributed by atoms with Gasteiger partial charge in [0.1, 0.15) is 11.6 Å². The van der Waals surface area contributed by atoms with E-state index in [4.69, 9.17) is 49.3 Å². The number of nitrogens with zero attached hydrogens (tertiary/aromatic N) is 6. The summed E-state index contributed by atoms with van der Waals surface area (Å²) < 4.78 is 11.6. The molecule has 270 valence electrons. The van der Waals surface area contributed by atoms with Crippen LogP contribution < -0.4 is 4.74 Å². The zero-order valence-electron chi connectivity index (χ0n) is 29.2. The van der Waals surface area contributed by atoms with Gasteiger partial charge in [0.15, 0.2) is 0 Å². The first kappa shape index (κ1) is 37.2. The lowest BCUT2D eigenvalue weighted by Crippen LogP contribution is -2.56. The minimum Gasteiger partial charge on any atom is -0.493 e. The second-order valence-corrected chi connectivity index (χ2v) is 15.0. The number of ether oxygens (including phenoxy) is 2. The fourth-order valence-electron chi connectivity index (χ4n) is 7.06. The summed E-state index contributed by atoms with van der Waals surface area (Å²) in [5.41, 5.74) is 1.19. The second-order valence-electron chi connectivity index (χ2n) is 13.7. The smallest absolute Gasteiger partial charge is 0.326 e. The van der Waals surface area contributed by atoms with E-state index in [1.54, 1.807) is 30.9 Å². The van der Waals surface area contributed by atoms with Crippen LogP contribution in [0.1, 0.15) is 49.9 Å². The van der Waals surface area contributed by atoms with Crippen molar-refractivity contribution in [3.05, 3.63) is 86.4 Å². The van der Waals surface area contributed by atoms with Crippen LogP contribution in [-0.4, -0.2) is 109 Å². The number of nitriles is 1. The minimum atomic E-state index is -0.885. The summed E-state index contributed by atoms with van der Waals surface area (Å²) in [7, 11) is 0. The van der Waals surface area contributed by atoms with E-state index >= 15 is 0 Å². The number of hydrogen-bond acceptors (Lipinski definition) is 7. The number of amides is 3. The third-order valence-corrected chi connectivity index (χ3v) is 10.8. The third kappa shape index (κ3) is 8.08. The Morgan fingerprint density at radius 3 is 2.35 bits per heavy atom. The van der Waals surface area contributed by atoms with Crippen LogP contribution >= 0.6 is 34.8 Å². The van der Waals surface area contributed by atoms with Gasteiger partial charge in [-0.2, -0.15) is 5.26 Å². The average Bonchev–Trinajstić information content (AvgIpc) is 3.53. The van der Waals surface area contributed by atoms with Gasteiger partial charge in [-0.1, -0.05) is 59.1 Å². The first-order valence-corrected chi connectivity index (χ1v) is 18.6. The predicted molar refractivity (Wildman–Crippen MR) is 200 cm³/mol. The zero-order valence-corrected chi connectivity index (χ0v) is 31.4. The van der Waals surface area contributed by atoms with Crippen molar-refractivity contribution in [1.29, 1.82) is 5.26 Å². The number of carbonyl (C=O) groups is 2. The monoisotopic (exact) mass is 752 g/mol. The maximum atomic E-state index is 15.0. The van der Waals surface area contributed by atoms with Gasteiger partial charge in [0.05, 0.1) is 55.5 Å². The van der Waals surface area contributed by atoms with Crippen LogP contribution in [0, 0.1) is 17.2 Å². The molecule has 2 aromatic carbocycles. The van der Waals surface area contributed by atoms with Crippen molar-refractivity contribution in [3.63, 3.8) is 0 Å². The van der Waals surface area contributed by atoms with Gasteiger partial charge in [0, 0.05) is 60.3 Å². The van der Waals surface area contributed by atoms with Gasteiger partial charge in [0.2, 0.25) is 5.91 Å². The van der Waals surface area contributed by atoms with Crippen molar-refractivity contribution >= 4 is 52.6 Å².